The van der Waals surface area contributed by atoms with Gasteiger partial charge in [-0.15, -0.1) is 0 Å². The Morgan fingerprint density at radius 1 is 1.22 bits per heavy atom. The second-order valence-electron chi connectivity index (χ2n) is 5.58. The molecule has 2 N–H and O–H groups in total. The SMILES string of the molecule is CCCOc1ccc(CCC(=O)O)cc1NC(=O)C(CC)CC. The average Bonchev–Trinajstić information content (AvgIpc) is 2.53. The van der Waals surface area contributed by atoms with Crippen molar-refractivity contribution < 1.29 is 19.4 Å². The van der Waals surface area contributed by atoms with Crippen molar-refractivity contribution in [1.82, 2.24) is 0 Å². The van der Waals surface area contributed by atoms with Crippen LogP contribution in [0.5, 0.6) is 5.75 Å². The topological polar surface area (TPSA) is 75.6 Å². The minimum absolute atomic E-state index is 0.0215. The first-order valence-electron chi connectivity index (χ1n) is 8.30. The molecule has 0 saturated carbocycles. The number of carbonyl (C=O) groups is 2. The highest BCUT2D eigenvalue weighted by molar-refractivity contribution is 5.94. The van der Waals surface area contributed by atoms with Gasteiger partial charge >= 0.3 is 5.97 Å². The Morgan fingerprint density at radius 3 is 2.48 bits per heavy atom. The number of ether oxygens (including phenoxy) is 1. The molecule has 0 fully saturated rings. The van der Waals surface area contributed by atoms with Crippen molar-refractivity contribution >= 4 is 17.6 Å². The molecule has 1 rings (SSSR count). The lowest BCUT2D eigenvalue weighted by Crippen LogP contribution is -2.22. The molecule has 0 aliphatic carbocycles. The normalized spacial score (nSPS) is 10.6. The summed E-state index contributed by atoms with van der Waals surface area (Å²) in [5.74, 6) is -0.257. The van der Waals surface area contributed by atoms with Crippen LogP contribution in [-0.2, 0) is 16.0 Å². The molecule has 0 bridgehead atoms. The maximum Gasteiger partial charge on any atom is 0.303 e. The highest BCUT2D eigenvalue weighted by atomic mass is 16.5. The Morgan fingerprint density at radius 2 is 1.91 bits per heavy atom. The van der Waals surface area contributed by atoms with E-state index >= 15 is 0 Å². The molecule has 0 saturated heterocycles. The van der Waals surface area contributed by atoms with Gasteiger partial charge in [0.05, 0.1) is 12.3 Å². The summed E-state index contributed by atoms with van der Waals surface area (Å²) in [7, 11) is 0. The summed E-state index contributed by atoms with van der Waals surface area (Å²) in [4.78, 5) is 23.0. The van der Waals surface area contributed by atoms with Crippen LogP contribution in [0.4, 0.5) is 5.69 Å². The second-order valence-corrected chi connectivity index (χ2v) is 5.58. The Labute approximate surface area is 138 Å². The third kappa shape index (κ3) is 6.30. The predicted octanol–water partition coefficient (Wildman–Crippen LogP) is 3.87. The fourth-order valence-corrected chi connectivity index (χ4v) is 2.31. The van der Waals surface area contributed by atoms with Crippen LogP contribution < -0.4 is 10.1 Å². The van der Waals surface area contributed by atoms with E-state index < -0.39 is 5.97 Å². The van der Waals surface area contributed by atoms with Crippen molar-refractivity contribution in [2.45, 2.75) is 52.9 Å². The molecule has 1 aromatic carbocycles. The number of rotatable bonds is 10. The number of carboxylic acid groups (broad SMARTS) is 1. The first kappa shape index (κ1) is 19.0. The highest BCUT2D eigenvalue weighted by Crippen LogP contribution is 2.28. The Kier molecular flexibility index (Phi) is 8.16. The summed E-state index contributed by atoms with van der Waals surface area (Å²) in [6, 6.07) is 5.46. The van der Waals surface area contributed by atoms with Crippen LogP contribution in [0, 0.1) is 5.92 Å². The van der Waals surface area contributed by atoms with Crippen LogP contribution in [0.1, 0.15) is 52.0 Å². The smallest absolute Gasteiger partial charge is 0.303 e. The molecule has 0 heterocycles. The van der Waals surface area contributed by atoms with E-state index in [4.69, 9.17) is 9.84 Å². The molecule has 5 nitrogen and oxygen atoms in total. The van der Waals surface area contributed by atoms with E-state index in [-0.39, 0.29) is 18.2 Å². The van der Waals surface area contributed by atoms with Gasteiger partial charge < -0.3 is 15.2 Å². The Hall–Kier alpha value is -2.04. The lowest BCUT2D eigenvalue weighted by atomic mass is 10.0. The lowest BCUT2D eigenvalue weighted by molar-refractivity contribution is -0.137. The zero-order valence-corrected chi connectivity index (χ0v) is 14.2. The van der Waals surface area contributed by atoms with Crippen molar-refractivity contribution in [1.29, 1.82) is 0 Å². The van der Waals surface area contributed by atoms with E-state index in [9.17, 15) is 9.59 Å². The van der Waals surface area contributed by atoms with E-state index in [1.807, 2.05) is 32.9 Å². The Balaban J connectivity index is 2.94. The molecule has 0 aliphatic rings. The van der Waals surface area contributed by atoms with Crippen molar-refractivity contribution in [3.8, 4) is 5.75 Å². The maximum atomic E-state index is 12.3. The predicted molar refractivity (Wildman–Crippen MR) is 90.9 cm³/mol. The zero-order valence-electron chi connectivity index (χ0n) is 14.2. The minimum atomic E-state index is -0.834. The van der Waals surface area contributed by atoms with Gasteiger partial charge in [-0.3, -0.25) is 9.59 Å². The third-order valence-electron chi connectivity index (χ3n) is 3.75. The number of hydrogen-bond donors (Lipinski definition) is 2. The lowest BCUT2D eigenvalue weighted by Gasteiger charge is -2.17. The second kappa shape index (κ2) is 9.87. The molecular weight excluding hydrogens is 294 g/mol. The molecule has 0 spiro atoms. The standard InChI is InChI=1S/C18H27NO4/c1-4-11-23-16-9-7-13(8-10-17(20)21)12-15(16)19-18(22)14(5-2)6-3/h7,9,12,14H,4-6,8,10-11H2,1-3H3,(H,19,22)(H,20,21). The van der Waals surface area contributed by atoms with Gasteiger partial charge in [0.25, 0.3) is 0 Å². The minimum Gasteiger partial charge on any atom is -0.491 e. The molecule has 128 valence electrons. The van der Waals surface area contributed by atoms with E-state index in [0.717, 1.165) is 24.8 Å². The fourth-order valence-electron chi connectivity index (χ4n) is 2.31. The number of carboxylic acids is 1. The highest BCUT2D eigenvalue weighted by Gasteiger charge is 2.16. The van der Waals surface area contributed by atoms with Crippen LogP contribution in [0.15, 0.2) is 18.2 Å². The molecule has 0 unspecified atom stereocenters. The summed E-state index contributed by atoms with van der Waals surface area (Å²) in [6.07, 6.45) is 2.94. The van der Waals surface area contributed by atoms with E-state index in [1.165, 1.54) is 0 Å². The van der Waals surface area contributed by atoms with Crippen LogP contribution in [0.3, 0.4) is 0 Å². The number of hydrogen-bond acceptors (Lipinski definition) is 3. The monoisotopic (exact) mass is 321 g/mol. The van der Waals surface area contributed by atoms with Crippen LogP contribution >= 0.6 is 0 Å². The van der Waals surface area contributed by atoms with Gasteiger partial charge in [-0.1, -0.05) is 26.8 Å². The number of aryl methyl sites for hydroxylation is 1. The zero-order chi connectivity index (χ0) is 17.2. The first-order chi connectivity index (χ1) is 11.0. The number of nitrogens with one attached hydrogen (secondary N) is 1. The molecule has 23 heavy (non-hydrogen) atoms. The largest absolute Gasteiger partial charge is 0.491 e. The molecule has 0 aliphatic heterocycles. The van der Waals surface area contributed by atoms with Gasteiger partial charge in [0.1, 0.15) is 5.75 Å². The average molecular weight is 321 g/mol. The summed E-state index contributed by atoms with van der Waals surface area (Å²) >= 11 is 0. The van der Waals surface area contributed by atoms with Crippen LogP contribution in [0.25, 0.3) is 0 Å². The van der Waals surface area contributed by atoms with E-state index in [2.05, 4.69) is 5.32 Å². The molecule has 1 aromatic rings. The van der Waals surface area contributed by atoms with Gasteiger partial charge in [0, 0.05) is 12.3 Å². The first-order valence-corrected chi connectivity index (χ1v) is 8.30. The molecule has 0 atom stereocenters. The summed E-state index contributed by atoms with van der Waals surface area (Å²) in [5.41, 5.74) is 1.49. The molecule has 1 amide bonds. The van der Waals surface area contributed by atoms with Gasteiger partial charge in [0.2, 0.25) is 5.91 Å². The van der Waals surface area contributed by atoms with Gasteiger partial charge in [-0.2, -0.15) is 0 Å². The molecule has 0 radical (unpaired) electrons. The fraction of sp³-hybridized carbons (Fsp3) is 0.556. The molecule has 0 aromatic heterocycles. The van der Waals surface area contributed by atoms with E-state index in [1.54, 1.807) is 6.07 Å². The molecule has 5 heteroatoms. The third-order valence-corrected chi connectivity index (χ3v) is 3.75. The summed E-state index contributed by atoms with van der Waals surface area (Å²) < 4.78 is 5.68. The van der Waals surface area contributed by atoms with Crippen molar-refractivity contribution in [2.24, 2.45) is 5.92 Å². The van der Waals surface area contributed by atoms with Gasteiger partial charge in [-0.05, 0) is 43.4 Å². The number of benzene rings is 1. The Bertz CT molecular complexity index is 524. The van der Waals surface area contributed by atoms with Crippen molar-refractivity contribution in [3.05, 3.63) is 23.8 Å². The quantitative estimate of drug-likeness (QED) is 0.686. The van der Waals surface area contributed by atoms with Gasteiger partial charge in [0.15, 0.2) is 0 Å². The number of anilines is 1. The number of aliphatic carboxylic acids is 1. The van der Waals surface area contributed by atoms with E-state index in [0.29, 0.717) is 24.5 Å². The van der Waals surface area contributed by atoms with Crippen molar-refractivity contribution in [3.63, 3.8) is 0 Å². The summed E-state index contributed by atoms with van der Waals surface area (Å²) in [5, 5.41) is 11.7. The maximum absolute atomic E-state index is 12.3. The van der Waals surface area contributed by atoms with Crippen LogP contribution in [0.2, 0.25) is 0 Å². The molecular formula is C18H27NO4. The van der Waals surface area contributed by atoms with Crippen LogP contribution in [-0.4, -0.2) is 23.6 Å². The summed E-state index contributed by atoms with van der Waals surface area (Å²) in [6.45, 7) is 6.57. The number of amides is 1. The number of carbonyl (C=O) groups excluding carboxylic acids is 1. The van der Waals surface area contributed by atoms with Gasteiger partial charge in [-0.25, -0.2) is 0 Å². The van der Waals surface area contributed by atoms with Crippen molar-refractivity contribution in [2.75, 3.05) is 11.9 Å².